The first-order chi connectivity index (χ1) is 48.5. The summed E-state index contributed by atoms with van der Waals surface area (Å²) in [5.74, 6) is -14.4. The van der Waals surface area contributed by atoms with Gasteiger partial charge in [-0.25, -0.2) is 13.1 Å². The molecule has 9 atom stereocenters. The fraction of sp³-hybridized carbons (Fsp3) is 0.380. The summed E-state index contributed by atoms with van der Waals surface area (Å²) in [6.45, 7) is 3.65. The van der Waals surface area contributed by atoms with E-state index in [0.717, 1.165) is 68.5 Å². The molecule has 536 valence electrons. The summed E-state index contributed by atoms with van der Waals surface area (Å²) in [6.07, 6.45) is -0.626. The van der Waals surface area contributed by atoms with Gasteiger partial charge in [-0.1, -0.05) is 61.3 Å². The van der Waals surface area contributed by atoms with Gasteiger partial charge in [0.05, 0.1) is 34.5 Å². The van der Waals surface area contributed by atoms with Gasteiger partial charge < -0.3 is 87.4 Å². The molecule has 0 aromatic heterocycles. The number of likely N-dealkylation sites (N-methyl/N-ethyl adjacent to an activating group) is 1. The standard InChI is InChI=1S/C71H73Cl2N9O19S/c1-29(2)15-47(74-3)64(88)80-59-61(85)33-6-13-49(45(72)22-33)100-51-24-37-25-52(63(51)87)101-50-14-7-34(23-46(50)73)62(86)60-70(94)79-58(68(92)76-55-35-17-30-16-31(19-35)20-36(55)18-30)42-26-38(83)27-44-54(42)41-21-32(5-12-43(41)71(44,95)96)56(66(90)81-60)78-67(91)57(37)77-65(89)48(75-69(59)93)28-53(84)82-102(97,98)40-10-8-39(99-4)9-11-40/h5-14,21-27,29-31,35-36,47-48,55-62,74,83,85-87,95-96H,15-20,28H2,1-4H3,(H,75,93)(H,76,92)(H,77,89)(H,78,91)(H,79,94)(H,80,88)(H,81,90)(H,82,84)/t30?,31?,35?,36?,47-,48+,55?,56-,57-,58+,59-,60+,61-,62-/m1/s1. The van der Waals surface area contributed by atoms with E-state index < -0.39 is 157 Å². The highest BCUT2D eigenvalue weighted by Crippen LogP contribution is 2.55. The molecule has 5 aliphatic heterocycles. The third-order valence-electron chi connectivity index (χ3n) is 20.3. The van der Waals surface area contributed by atoms with E-state index in [1.807, 2.05) is 18.6 Å². The highest BCUT2D eigenvalue weighted by molar-refractivity contribution is 7.90. The lowest BCUT2D eigenvalue weighted by molar-refractivity contribution is -0.138. The number of aliphatic hydroxyl groups is 4. The van der Waals surface area contributed by atoms with E-state index in [9.17, 15) is 48.6 Å². The zero-order valence-corrected chi connectivity index (χ0v) is 57.4. The Morgan fingerprint density at radius 3 is 1.83 bits per heavy atom. The molecule has 0 radical (unpaired) electrons. The van der Waals surface area contributed by atoms with Crippen molar-refractivity contribution in [3.05, 3.63) is 152 Å². The van der Waals surface area contributed by atoms with Crippen molar-refractivity contribution in [2.24, 2.45) is 29.6 Å². The second-order valence-electron chi connectivity index (χ2n) is 27.5. The van der Waals surface area contributed by atoms with Crippen molar-refractivity contribution in [3.63, 3.8) is 0 Å². The summed E-state index contributed by atoms with van der Waals surface area (Å²) in [7, 11) is -1.98. The van der Waals surface area contributed by atoms with Gasteiger partial charge >= 0.3 is 0 Å². The molecule has 15 bridgehead atoms. The first-order valence-electron chi connectivity index (χ1n) is 33.1. The van der Waals surface area contributed by atoms with Crippen molar-refractivity contribution in [1.82, 2.24) is 47.3 Å². The summed E-state index contributed by atoms with van der Waals surface area (Å²) in [5, 5.41) is 93.5. The molecule has 4 fully saturated rings. The molecule has 28 nitrogen and oxygen atoms in total. The molecule has 5 aliphatic carbocycles. The molecule has 15 N–H and O–H groups in total. The quantitative estimate of drug-likeness (QED) is 0.0756. The molecule has 0 unspecified atom stereocenters. The molecular formula is C71H73Cl2N9O19S. The van der Waals surface area contributed by atoms with Gasteiger partial charge in [0.25, 0.3) is 10.0 Å². The van der Waals surface area contributed by atoms with Crippen LogP contribution in [0, 0.1) is 29.6 Å². The topological polar surface area (TPSA) is 428 Å². The van der Waals surface area contributed by atoms with Crippen LogP contribution < -0.4 is 61.5 Å². The number of amides is 8. The number of ether oxygens (including phenoxy) is 3. The Bertz CT molecular complexity index is 4550. The second kappa shape index (κ2) is 27.6. The van der Waals surface area contributed by atoms with E-state index in [0.29, 0.717) is 11.8 Å². The van der Waals surface area contributed by atoms with Crippen LogP contribution in [-0.4, -0.2) is 131 Å². The molecular weight excluding hydrogens is 1390 g/mol. The first kappa shape index (κ1) is 70.8. The van der Waals surface area contributed by atoms with Crippen molar-refractivity contribution in [1.29, 1.82) is 0 Å². The maximum atomic E-state index is 16.0. The molecule has 10 aliphatic rings. The number of aromatic hydroxyl groups is 2. The Kier molecular flexibility index (Phi) is 19.2. The summed E-state index contributed by atoms with van der Waals surface area (Å²) in [4.78, 5) is 121. The Hall–Kier alpha value is -9.59. The highest BCUT2D eigenvalue weighted by Gasteiger charge is 2.51. The minimum absolute atomic E-state index is 0.0658. The number of carbonyl (C=O) groups is 8. The summed E-state index contributed by atoms with van der Waals surface area (Å²) in [6, 6.07) is 6.07. The van der Waals surface area contributed by atoms with Gasteiger partial charge in [-0.15, -0.1) is 0 Å². The lowest BCUT2D eigenvalue weighted by atomic mass is 9.54. The average molecular weight is 1460 g/mol. The number of hydrogen-bond acceptors (Lipinski definition) is 20. The van der Waals surface area contributed by atoms with Crippen LogP contribution in [0.4, 0.5) is 0 Å². The van der Waals surface area contributed by atoms with Crippen molar-refractivity contribution in [2.75, 3.05) is 14.2 Å². The van der Waals surface area contributed by atoms with Crippen molar-refractivity contribution >= 4 is 80.5 Å². The number of nitrogens with one attached hydrogen (secondary N) is 9. The minimum Gasteiger partial charge on any atom is -0.508 e. The van der Waals surface area contributed by atoms with Crippen LogP contribution in [0.25, 0.3) is 11.1 Å². The molecule has 16 rings (SSSR count). The summed E-state index contributed by atoms with van der Waals surface area (Å²) < 4.78 is 47.2. The van der Waals surface area contributed by atoms with Gasteiger partial charge in [-0.05, 0) is 193 Å². The number of fused-ring (bicyclic) bond motifs is 12. The number of rotatable bonds is 12. The SMILES string of the molecule is CN[C@H](CC(C)C)C(=O)N[C@H]1C(=O)N[C@@H](CC(=O)NS(=O)(=O)c2ccc(OC)cc2)C(=O)N[C@H]2C(=O)N[C@H]3C(=O)N[C@H](C(=O)N[C@H](C(=O)NC4C5CC6CC(C5)CC4C6)c4cc(O)cc5c4-c4cc3ccc4C5(O)O)[C@H](O)c3ccc(c(Cl)c3)Oc3cc2cc(c3O)Oc2ccc(cc2Cl)[C@H]1O. The molecule has 102 heavy (non-hydrogen) atoms. The molecule has 0 saturated heterocycles. The van der Waals surface area contributed by atoms with Crippen LogP contribution in [0.15, 0.2) is 108 Å². The molecule has 8 amide bonds. The van der Waals surface area contributed by atoms with Gasteiger partial charge in [0, 0.05) is 17.2 Å². The van der Waals surface area contributed by atoms with E-state index in [2.05, 4.69) is 42.5 Å². The van der Waals surface area contributed by atoms with Crippen molar-refractivity contribution in [2.45, 2.75) is 130 Å². The maximum absolute atomic E-state index is 16.0. The van der Waals surface area contributed by atoms with E-state index in [-0.39, 0.29) is 102 Å². The van der Waals surface area contributed by atoms with Crippen molar-refractivity contribution in [3.8, 4) is 51.4 Å². The Morgan fingerprint density at radius 1 is 0.647 bits per heavy atom. The molecule has 0 spiro atoms. The largest absolute Gasteiger partial charge is 0.508 e. The fourth-order valence-electron chi connectivity index (χ4n) is 15.5. The summed E-state index contributed by atoms with van der Waals surface area (Å²) in [5.41, 5.74) is -1.77. The lowest BCUT2D eigenvalue weighted by Crippen LogP contribution is -2.59. The number of phenols is 2. The Labute approximate surface area is 593 Å². The van der Waals surface area contributed by atoms with Crippen LogP contribution in [0.1, 0.15) is 128 Å². The van der Waals surface area contributed by atoms with E-state index >= 15 is 28.8 Å². The molecule has 31 heteroatoms. The van der Waals surface area contributed by atoms with Crippen molar-refractivity contribution < 1.29 is 91.6 Å². The maximum Gasteiger partial charge on any atom is 0.264 e. The van der Waals surface area contributed by atoms with Crippen LogP contribution in [0.5, 0.6) is 40.2 Å². The van der Waals surface area contributed by atoms with E-state index in [4.69, 9.17) is 37.4 Å². The van der Waals surface area contributed by atoms with Crippen LogP contribution in [0.3, 0.4) is 0 Å². The normalized spacial score (nSPS) is 26.4. The zero-order chi connectivity index (χ0) is 72.7. The molecule has 6 aromatic rings. The third-order valence-corrected chi connectivity index (χ3v) is 22.3. The predicted molar refractivity (Wildman–Crippen MR) is 362 cm³/mol. The number of phenolic OH excluding ortho intramolecular Hbond substituents is 2. The predicted octanol–water partition coefficient (Wildman–Crippen LogP) is 4.37. The number of benzene rings is 6. The van der Waals surface area contributed by atoms with E-state index in [1.54, 1.807) is 0 Å². The van der Waals surface area contributed by atoms with Gasteiger partial charge in [0.1, 0.15) is 71.5 Å². The summed E-state index contributed by atoms with van der Waals surface area (Å²) >= 11 is 13.9. The Balaban J connectivity index is 0.966. The minimum atomic E-state index is -4.79. The van der Waals surface area contributed by atoms with Crippen LogP contribution in [0.2, 0.25) is 10.0 Å². The number of sulfonamides is 1. The lowest BCUT2D eigenvalue weighted by Gasteiger charge is -2.54. The first-order valence-corrected chi connectivity index (χ1v) is 35.3. The average Bonchev–Trinajstić information content (AvgIpc) is 1.54. The number of halogens is 2. The van der Waals surface area contributed by atoms with Crippen LogP contribution >= 0.6 is 23.2 Å². The van der Waals surface area contributed by atoms with Gasteiger partial charge in [-0.3, -0.25) is 38.4 Å². The van der Waals surface area contributed by atoms with Crippen LogP contribution in [-0.2, 0) is 54.2 Å². The fourth-order valence-corrected chi connectivity index (χ4v) is 17.0. The molecule has 4 saturated carbocycles. The van der Waals surface area contributed by atoms with E-state index in [1.165, 1.54) is 80.9 Å². The smallest absolute Gasteiger partial charge is 0.264 e. The number of methoxy groups -OCH3 is 1. The van der Waals surface area contributed by atoms with Gasteiger partial charge in [0.15, 0.2) is 11.5 Å². The second-order valence-corrected chi connectivity index (χ2v) is 30.0. The third kappa shape index (κ3) is 13.6. The molecule has 5 heterocycles. The highest BCUT2D eigenvalue weighted by atomic mass is 35.5. The number of carbonyl (C=O) groups excluding carboxylic acids is 8. The monoisotopic (exact) mass is 1460 g/mol. The Morgan fingerprint density at radius 2 is 1.24 bits per heavy atom. The number of aliphatic hydroxyl groups excluding tert-OH is 2. The molecule has 6 aromatic carbocycles. The number of hydrogen-bond donors (Lipinski definition) is 15. The van der Waals surface area contributed by atoms with Gasteiger partial charge in [-0.2, -0.15) is 0 Å². The zero-order valence-electron chi connectivity index (χ0n) is 55.1. The van der Waals surface area contributed by atoms with Gasteiger partial charge in [0.2, 0.25) is 58.8 Å².